The number of hydrogen-bond donors (Lipinski definition) is 0. The van der Waals surface area contributed by atoms with Gasteiger partial charge in [0.25, 0.3) is 0 Å². The van der Waals surface area contributed by atoms with Gasteiger partial charge in [0.2, 0.25) is 0 Å². The highest BCUT2D eigenvalue weighted by Crippen LogP contribution is 1.92. The van der Waals surface area contributed by atoms with E-state index in [0.717, 1.165) is 32.5 Å². The highest BCUT2D eigenvalue weighted by molar-refractivity contribution is 6.08. The lowest BCUT2D eigenvalue weighted by Crippen LogP contribution is -2.36. The van der Waals surface area contributed by atoms with Gasteiger partial charge >= 0.3 is 0 Å². The fourth-order valence-corrected chi connectivity index (χ4v) is 1.08. The third kappa shape index (κ3) is 1.58. The van der Waals surface area contributed by atoms with Gasteiger partial charge in [0, 0.05) is 23.3 Å². The van der Waals surface area contributed by atoms with Crippen LogP contribution >= 0.6 is 0 Å². The fourth-order valence-electron chi connectivity index (χ4n) is 0.759. The Morgan fingerprint density at radius 3 is 2.38 bits per heavy atom. The van der Waals surface area contributed by atoms with E-state index in [2.05, 4.69) is 15.1 Å². The molecule has 3 radical (unpaired) electrons. The minimum atomic E-state index is 0.893. The zero-order valence-electron chi connectivity index (χ0n) is 4.89. The van der Waals surface area contributed by atoms with Crippen molar-refractivity contribution in [1.82, 2.24) is 4.90 Å². The van der Waals surface area contributed by atoms with Crippen molar-refractivity contribution in [3.8, 4) is 0 Å². The second kappa shape index (κ2) is 3.22. The van der Waals surface area contributed by atoms with Gasteiger partial charge in [-0.15, -0.1) is 0 Å². The van der Waals surface area contributed by atoms with Crippen molar-refractivity contribution >= 4 is 10.2 Å². The molecule has 45 valence electrons. The van der Waals surface area contributed by atoms with Gasteiger partial charge in [0.15, 0.2) is 0 Å². The Bertz CT molecular complexity index is 63.4. The summed E-state index contributed by atoms with van der Waals surface area (Å²) in [5, 5.41) is 0. The Labute approximate surface area is 53.2 Å². The van der Waals surface area contributed by atoms with Crippen LogP contribution in [0.15, 0.2) is 0 Å². The molecular formula is C5H10NOSi. The van der Waals surface area contributed by atoms with Crippen molar-refractivity contribution in [3.63, 3.8) is 0 Å². The molecule has 0 saturated carbocycles. The van der Waals surface area contributed by atoms with E-state index < -0.39 is 0 Å². The van der Waals surface area contributed by atoms with E-state index in [-0.39, 0.29) is 0 Å². The van der Waals surface area contributed by atoms with Gasteiger partial charge in [-0.2, -0.15) is 0 Å². The normalized spacial score (nSPS) is 23.6. The first-order valence-corrected chi connectivity index (χ1v) is 3.59. The summed E-state index contributed by atoms with van der Waals surface area (Å²) < 4.78 is 5.14. The Morgan fingerprint density at radius 2 is 2.00 bits per heavy atom. The standard InChI is InChI=1S/C5H10NOSi/c8-5-6-1-3-7-4-2-6/h1-5H2. The summed E-state index contributed by atoms with van der Waals surface area (Å²) in [6.07, 6.45) is 0.976. The lowest BCUT2D eigenvalue weighted by molar-refractivity contribution is 0.0466. The average Bonchev–Trinajstić information content (AvgIpc) is 1.90. The van der Waals surface area contributed by atoms with E-state index in [0.29, 0.717) is 0 Å². The van der Waals surface area contributed by atoms with Crippen molar-refractivity contribution in [1.29, 1.82) is 0 Å². The van der Waals surface area contributed by atoms with Crippen LogP contribution in [0.4, 0.5) is 0 Å². The van der Waals surface area contributed by atoms with Crippen LogP contribution < -0.4 is 0 Å². The van der Waals surface area contributed by atoms with Crippen molar-refractivity contribution in [2.24, 2.45) is 0 Å². The lowest BCUT2D eigenvalue weighted by atomic mass is 10.5. The van der Waals surface area contributed by atoms with E-state index in [9.17, 15) is 0 Å². The van der Waals surface area contributed by atoms with Crippen molar-refractivity contribution in [3.05, 3.63) is 0 Å². The van der Waals surface area contributed by atoms with E-state index >= 15 is 0 Å². The zero-order chi connectivity index (χ0) is 5.82. The van der Waals surface area contributed by atoms with Gasteiger partial charge < -0.3 is 9.64 Å². The molecule has 1 aliphatic rings. The molecule has 1 saturated heterocycles. The molecule has 1 heterocycles. The van der Waals surface area contributed by atoms with Crippen LogP contribution in [0.2, 0.25) is 0 Å². The molecule has 0 unspecified atom stereocenters. The number of ether oxygens (including phenoxy) is 1. The predicted octanol–water partition coefficient (Wildman–Crippen LogP) is -0.555. The Hall–Kier alpha value is 0.137. The number of nitrogens with zero attached hydrogens (tertiary/aromatic N) is 1. The van der Waals surface area contributed by atoms with Crippen LogP contribution in [0.3, 0.4) is 0 Å². The molecule has 0 aromatic heterocycles. The van der Waals surface area contributed by atoms with Crippen LogP contribution in [-0.4, -0.2) is 47.6 Å². The molecule has 0 aromatic rings. The summed E-state index contributed by atoms with van der Waals surface area (Å²) in [6, 6.07) is 0. The van der Waals surface area contributed by atoms with Gasteiger partial charge in [-0.05, 0) is 6.17 Å². The molecule has 0 N–H and O–H groups in total. The number of morpholine rings is 1. The lowest BCUT2D eigenvalue weighted by Gasteiger charge is -2.24. The van der Waals surface area contributed by atoms with Crippen molar-refractivity contribution in [2.45, 2.75) is 0 Å². The average molecular weight is 128 g/mol. The van der Waals surface area contributed by atoms with Crippen molar-refractivity contribution < 1.29 is 4.74 Å². The largest absolute Gasteiger partial charge is 0.379 e. The van der Waals surface area contributed by atoms with E-state index in [1.165, 1.54) is 0 Å². The summed E-state index contributed by atoms with van der Waals surface area (Å²) in [5.41, 5.74) is 0. The molecule has 0 amide bonds. The molecule has 0 aromatic carbocycles. The maximum absolute atomic E-state index is 5.14. The number of hydrogen-bond acceptors (Lipinski definition) is 2. The molecule has 1 fully saturated rings. The van der Waals surface area contributed by atoms with E-state index in [1.807, 2.05) is 0 Å². The molecular weight excluding hydrogens is 118 g/mol. The maximum atomic E-state index is 5.14. The van der Waals surface area contributed by atoms with E-state index in [1.54, 1.807) is 0 Å². The van der Waals surface area contributed by atoms with Crippen LogP contribution in [-0.2, 0) is 4.74 Å². The molecule has 2 nitrogen and oxygen atoms in total. The molecule has 0 bridgehead atoms. The Kier molecular flexibility index (Phi) is 2.52. The topological polar surface area (TPSA) is 12.5 Å². The van der Waals surface area contributed by atoms with Crippen LogP contribution in [0.25, 0.3) is 0 Å². The monoisotopic (exact) mass is 128 g/mol. The van der Waals surface area contributed by atoms with Crippen LogP contribution in [0.5, 0.6) is 0 Å². The molecule has 1 aliphatic heterocycles. The van der Waals surface area contributed by atoms with Gasteiger partial charge in [-0.25, -0.2) is 0 Å². The van der Waals surface area contributed by atoms with Crippen LogP contribution in [0.1, 0.15) is 0 Å². The first-order chi connectivity index (χ1) is 3.93. The SMILES string of the molecule is [Si]CN1CCOCC1. The highest BCUT2D eigenvalue weighted by atomic mass is 28.1. The molecule has 8 heavy (non-hydrogen) atoms. The molecule has 3 heteroatoms. The van der Waals surface area contributed by atoms with Crippen LogP contribution in [0, 0.1) is 0 Å². The molecule has 0 spiro atoms. The maximum Gasteiger partial charge on any atom is 0.0593 e. The summed E-state index contributed by atoms with van der Waals surface area (Å²) in [5.74, 6) is 0. The minimum Gasteiger partial charge on any atom is -0.379 e. The summed E-state index contributed by atoms with van der Waals surface area (Å²) in [7, 11) is 3.43. The zero-order valence-corrected chi connectivity index (χ0v) is 5.89. The van der Waals surface area contributed by atoms with Gasteiger partial charge in [-0.1, -0.05) is 0 Å². The molecule has 1 rings (SSSR count). The Balaban J connectivity index is 2.13. The summed E-state index contributed by atoms with van der Waals surface area (Å²) in [4.78, 5) is 2.31. The number of rotatable bonds is 1. The smallest absolute Gasteiger partial charge is 0.0593 e. The summed E-state index contributed by atoms with van der Waals surface area (Å²) >= 11 is 0. The van der Waals surface area contributed by atoms with Gasteiger partial charge in [0.1, 0.15) is 0 Å². The second-order valence-electron chi connectivity index (χ2n) is 1.89. The third-order valence-electron chi connectivity index (χ3n) is 1.33. The predicted molar refractivity (Wildman–Crippen MR) is 33.0 cm³/mol. The quantitative estimate of drug-likeness (QED) is 0.439. The second-order valence-corrected chi connectivity index (χ2v) is 2.20. The first kappa shape index (κ1) is 6.26. The molecule has 0 atom stereocenters. The summed E-state index contributed by atoms with van der Waals surface area (Å²) in [6.45, 7) is 3.93. The molecule has 0 aliphatic carbocycles. The van der Waals surface area contributed by atoms with Gasteiger partial charge in [-0.3, -0.25) is 0 Å². The van der Waals surface area contributed by atoms with E-state index in [4.69, 9.17) is 4.74 Å². The Morgan fingerprint density at radius 1 is 1.38 bits per heavy atom. The minimum absolute atomic E-state index is 0.893. The third-order valence-corrected chi connectivity index (χ3v) is 1.77. The fraction of sp³-hybridized carbons (Fsp3) is 1.00. The van der Waals surface area contributed by atoms with Gasteiger partial charge in [0.05, 0.1) is 13.2 Å². The van der Waals surface area contributed by atoms with Crippen molar-refractivity contribution in [2.75, 3.05) is 32.5 Å². The first-order valence-electron chi connectivity index (χ1n) is 2.88. The highest BCUT2D eigenvalue weighted by Gasteiger charge is 2.05.